The van der Waals surface area contributed by atoms with Crippen LogP contribution in [-0.2, 0) is 0 Å². The number of hydrogen-bond acceptors (Lipinski definition) is 2. The van der Waals surface area contributed by atoms with Crippen LogP contribution in [0.2, 0.25) is 0 Å². The highest BCUT2D eigenvalue weighted by Gasteiger charge is 2.31. The van der Waals surface area contributed by atoms with Crippen molar-refractivity contribution in [3.05, 3.63) is 0 Å². The maximum atomic E-state index is 3.86. The number of nitrogens with zero attached hydrogens (tertiary/aromatic N) is 1. The smallest absolute Gasteiger partial charge is 0.0241 e. The monoisotopic (exact) mass is 238 g/mol. The number of rotatable bonds is 2. The first-order chi connectivity index (χ1) is 8.08. The van der Waals surface area contributed by atoms with Crippen LogP contribution in [0.4, 0.5) is 0 Å². The Morgan fingerprint density at radius 2 is 1.53 bits per heavy atom. The van der Waals surface area contributed by atoms with Gasteiger partial charge in [0.2, 0.25) is 0 Å². The second-order valence-corrected chi connectivity index (χ2v) is 6.67. The van der Waals surface area contributed by atoms with Crippen LogP contribution >= 0.6 is 0 Å². The topological polar surface area (TPSA) is 15.3 Å². The van der Waals surface area contributed by atoms with Gasteiger partial charge in [-0.1, -0.05) is 20.3 Å². The molecule has 0 aromatic rings. The van der Waals surface area contributed by atoms with Gasteiger partial charge in [0.05, 0.1) is 0 Å². The van der Waals surface area contributed by atoms with E-state index in [1.165, 1.54) is 38.5 Å². The molecule has 0 radical (unpaired) electrons. The van der Waals surface area contributed by atoms with Crippen LogP contribution in [0.15, 0.2) is 0 Å². The van der Waals surface area contributed by atoms with E-state index >= 15 is 0 Å². The Balaban J connectivity index is 1.90. The number of hydrogen-bond donors (Lipinski definition) is 1. The Morgan fingerprint density at radius 1 is 0.882 bits per heavy atom. The van der Waals surface area contributed by atoms with Crippen LogP contribution in [0.5, 0.6) is 0 Å². The Hall–Kier alpha value is -0.0800. The van der Waals surface area contributed by atoms with Crippen LogP contribution in [0.25, 0.3) is 0 Å². The molecule has 1 aliphatic heterocycles. The van der Waals surface area contributed by atoms with Crippen LogP contribution in [0.1, 0.15) is 66.2 Å². The van der Waals surface area contributed by atoms with Crippen molar-refractivity contribution in [3.8, 4) is 0 Å². The lowest BCUT2D eigenvalue weighted by atomic mass is 9.80. The van der Waals surface area contributed by atoms with E-state index in [2.05, 4.69) is 38.1 Å². The summed E-state index contributed by atoms with van der Waals surface area (Å²) in [7, 11) is 0. The molecule has 0 aromatic heterocycles. The molecule has 5 unspecified atom stereocenters. The molecule has 1 saturated heterocycles. The third-order valence-electron chi connectivity index (χ3n) is 4.94. The highest BCUT2D eigenvalue weighted by atomic mass is 15.5. The van der Waals surface area contributed by atoms with Crippen molar-refractivity contribution in [2.45, 2.75) is 84.3 Å². The summed E-state index contributed by atoms with van der Waals surface area (Å²) < 4.78 is 0. The minimum absolute atomic E-state index is 0.713. The molecule has 2 heteroatoms. The summed E-state index contributed by atoms with van der Waals surface area (Å²) >= 11 is 0. The van der Waals surface area contributed by atoms with Crippen molar-refractivity contribution in [1.29, 1.82) is 0 Å². The van der Waals surface area contributed by atoms with Gasteiger partial charge in [-0.25, -0.2) is 5.01 Å². The molecule has 100 valence electrons. The van der Waals surface area contributed by atoms with Gasteiger partial charge in [0.25, 0.3) is 0 Å². The van der Waals surface area contributed by atoms with E-state index in [9.17, 15) is 0 Å². The Kier molecular flexibility index (Phi) is 4.48. The highest BCUT2D eigenvalue weighted by molar-refractivity contribution is 4.84. The Morgan fingerprint density at radius 3 is 2.12 bits per heavy atom. The summed E-state index contributed by atoms with van der Waals surface area (Å²) in [5, 5.41) is 2.56. The molecule has 0 bridgehead atoms. The SMILES string of the molecule is CC1CCC(NN2C(C)CCCC2C)C(C)C1. The van der Waals surface area contributed by atoms with Gasteiger partial charge in [0.15, 0.2) is 0 Å². The largest absolute Gasteiger partial charge is 0.251 e. The van der Waals surface area contributed by atoms with Crippen molar-refractivity contribution >= 4 is 0 Å². The molecule has 2 aliphatic rings. The van der Waals surface area contributed by atoms with Crippen LogP contribution in [0.3, 0.4) is 0 Å². The first-order valence-electron chi connectivity index (χ1n) is 7.62. The fraction of sp³-hybridized carbons (Fsp3) is 1.00. The predicted octanol–water partition coefficient (Wildman–Crippen LogP) is 3.58. The number of piperidine rings is 1. The molecule has 1 heterocycles. The molecule has 1 aliphatic carbocycles. The summed E-state index contributed by atoms with van der Waals surface area (Å²) in [4.78, 5) is 0. The van der Waals surface area contributed by atoms with E-state index in [1.807, 2.05) is 0 Å². The molecule has 0 aromatic carbocycles. The average Bonchev–Trinajstić information content (AvgIpc) is 2.26. The lowest BCUT2D eigenvalue weighted by molar-refractivity contribution is 0.00847. The quantitative estimate of drug-likeness (QED) is 0.791. The average molecular weight is 238 g/mol. The molecule has 1 N–H and O–H groups in total. The van der Waals surface area contributed by atoms with Crippen molar-refractivity contribution in [3.63, 3.8) is 0 Å². The van der Waals surface area contributed by atoms with E-state index in [4.69, 9.17) is 0 Å². The summed E-state index contributed by atoms with van der Waals surface area (Å²) in [5.41, 5.74) is 3.86. The zero-order valence-electron chi connectivity index (χ0n) is 12.1. The van der Waals surface area contributed by atoms with E-state index in [0.29, 0.717) is 18.1 Å². The standard InChI is InChI=1S/C15H30N2/c1-11-8-9-15(12(2)10-11)16-17-13(3)6-5-7-14(17)4/h11-16H,5-10H2,1-4H3. The molecule has 0 amide bonds. The van der Waals surface area contributed by atoms with Gasteiger partial charge in [-0.15, -0.1) is 0 Å². The molecule has 1 saturated carbocycles. The first-order valence-corrected chi connectivity index (χ1v) is 7.62. The normalized spacial score (nSPS) is 44.8. The number of hydrazine groups is 1. The van der Waals surface area contributed by atoms with Crippen LogP contribution in [-0.4, -0.2) is 23.1 Å². The fourth-order valence-corrected chi connectivity index (χ4v) is 3.72. The van der Waals surface area contributed by atoms with Crippen LogP contribution in [0, 0.1) is 11.8 Å². The maximum absolute atomic E-state index is 3.86. The Bertz CT molecular complexity index is 231. The minimum atomic E-state index is 0.713. The second kappa shape index (κ2) is 5.71. The summed E-state index contributed by atoms with van der Waals surface area (Å²) in [6.07, 6.45) is 8.27. The lowest BCUT2D eigenvalue weighted by Gasteiger charge is -2.44. The summed E-state index contributed by atoms with van der Waals surface area (Å²) in [5.74, 6) is 1.76. The van der Waals surface area contributed by atoms with Crippen molar-refractivity contribution in [1.82, 2.24) is 10.4 Å². The van der Waals surface area contributed by atoms with E-state index in [-0.39, 0.29) is 0 Å². The summed E-state index contributed by atoms with van der Waals surface area (Å²) in [6.45, 7) is 9.57. The molecule has 0 spiro atoms. The molecule has 17 heavy (non-hydrogen) atoms. The molecular formula is C15H30N2. The van der Waals surface area contributed by atoms with E-state index in [0.717, 1.165) is 11.8 Å². The van der Waals surface area contributed by atoms with E-state index in [1.54, 1.807) is 0 Å². The third-order valence-corrected chi connectivity index (χ3v) is 4.94. The van der Waals surface area contributed by atoms with Crippen LogP contribution < -0.4 is 5.43 Å². The molecule has 5 atom stereocenters. The van der Waals surface area contributed by atoms with Crippen molar-refractivity contribution in [2.24, 2.45) is 11.8 Å². The van der Waals surface area contributed by atoms with Gasteiger partial charge in [-0.05, 0) is 57.8 Å². The van der Waals surface area contributed by atoms with Crippen molar-refractivity contribution < 1.29 is 0 Å². The third kappa shape index (κ3) is 3.23. The Labute approximate surface area is 107 Å². The summed E-state index contributed by atoms with van der Waals surface area (Å²) in [6, 6.07) is 2.14. The van der Waals surface area contributed by atoms with Crippen molar-refractivity contribution in [2.75, 3.05) is 0 Å². The van der Waals surface area contributed by atoms with Gasteiger partial charge in [-0.3, -0.25) is 5.43 Å². The van der Waals surface area contributed by atoms with Gasteiger partial charge in [0.1, 0.15) is 0 Å². The zero-order chi connectivity index (χ0) is 12.4. The maximum Gasteiger partial charge on any atom is 0.0241 e. The van der Waals surface area contributed by atoms with Gasteiger partial charge >= 0.3 is 0 Å². The lowest BCUT2D eigenvalue weighted by Crippen LogP contribution is -2.57. The van der Waals surface area contributed by atoms with E-state index < -0.39 is 0 Å². The highest BCUT2D eigenvalue weighted by Crippen LogP contribution is 2.30. The molecular weight excluding hydrogens is 208 g/mol. The molecule has 2 rings (SSSR count). The second-order valence-electron chi connectivity index (χ2n) is 6.67. The fourth-order valence-electron chi connectivity index (χ4n) is 3.72. The number of nitrogens with one attached hydrogen (secondary N) is 1. The predicted molar refractivity (Wildman–Crippen MR) is 73.7 cm³/mol. The molecule has 2 nitrogen and oxygen atoms in total. The first kappa shape index (κ1) is 13.4. The minimum Gasteiger partial charge on any atom is -0.251 e. The van der Waals surface area contributed by atoms with Gasteiger partial charge in [0, 0.05) is 18.1 Å². The van der Waals surface area contributed by atoms with Gasteiger partial charge < -0.3 is 0 Å². The van der Waals surface area contributed by atoms with Gasteiger partial charge in [-0.2, -0.15) is 0 Å². The zero-order valence-corrected chi connectivity index (χ0v) is 12.1. The molecule has 2 fully saturated rings.